The molecule has 1 unspecified atom stereocenters. The Labute approximate surface area is 243 Å². The van der Waals surface area contributed by atoms with E-state index in [1.165, 1.54) is 30.4 Å². The third-order valence-electron chi connectivity index (χ3n) is 7.86. The van der Waals surface area contributed by atoms with Crippen molar-refractivity contribution in [1.29, 1.82) is 0 Å². The number of nitrogens with one attached hydrogen (secondary N) is 2. The molecule has 2 N–H and O–H groups in total. The van der Waals surface area contributed by atoms with Crippen molar-refractivity contribution in [2.24, 2.45) is 5.92 Å². The molecule has 0 bridgehead atoms. The van der Waals surface area contributed by atoms with Gasteiger partial charge in [0.1, 0.15) is 0 Å². The second-order valence-corrected chi connectivity index (χ2v) is 11.0. The molecule has 1 saturated heterocycles. The summed E-state index contributed by atoms with van der Waals surface area (Å²) < 4.78 is 2.11. The Kier molecular flexibility index (Phi) is 9.33. The van der Waals surface area contributed by atoms with Crippen molar-refractivity contribution in [3.63, 3.8) is 0 Å². The van der Waals surface area contributed by atoms with Crippen LogP contribution in [0, 0.1) is 12.8 Å². The highest BCUT2D eigenvalue weighted by Crippen LogP contribution is 2.25. The summed E-state index contributed by atoms with van der Waals surface area (Å²) >= 11 is 0. The number of urea groups is 1. The van der Waals surface area contributed by atoms with Crippen LogP contribution >= 0.6 is 0 Å². The largest absolute Gasteiger partial charge is 0.368 e. The first kappa shape index (κ1) is 28.4. The molecule has 9 nitrogen and oxygen atoms in total. The van der Waals surface area contributed by atoms with Gasteiger partial charge in [0, 0.05) is 38.4 Å². The van der Waals surface area contributed by atoms with Gasteiger partial charge in [-0.1, -0.05) is 81.1 Å². The topological polar surface area (TPSA) is 91.2 Å². The number of imidazole rings is 1. The van der Waals surface area contributed by atoms with Crippen LogP contribution in [0.2, 0.25) is 0 Å². The highest BCUT2D eigenvalue weighted by atomic mass is 16.2. The molecule has 5 rings (SSSR count). The summed E-state index contributed by atoms with van der Waals surface area (Å²) in [7, 11) is 0. The van der Waals surface area contributed by atoms with Crippen LogP contribution < -0.4 is 15.5 Å². The molecule has 2 amide bonds. The van der Waals surface area contributed by atoms with Crippen LogP contribution in [0.25, 0.3) is 11.2 Å². The number of aryl methyl sites for hydroxylation is 1. The van der Waals surface area contributed by atoms with Crippen molar-refractivity contribution < 1.29 is 4.79 Å². The fraction of sp³-hybridized carbons (Fsp3) is 0.438. The highest BCUT2D eigenvalue weighted by Gasteiger charge is 2.25. The van der Waals surface area contributed by atoms with Gasteiger partial charge in [-0.05, 0) is 37.0 Å². The second-order valence-electron chi connectivity index (χ2n) is 11.0. The Hall–Kier alpha value is -4.14. The van der Waals surface area contributed by atoms with Crippen LogP contribution in [0.1, 0.15) is 50.7 Å². The van der Waals surface area contributed by atoms with E-state index in [2.05, 4.69) is 65.1 Å². The van der Waals surface area contributed by atoms with Gasteiger partial charge in [0.25, 0.3) is 0 Å². The average molecular weight is 555 g/mol. The number of aromatic nitrogens is 4. The van der Waals surface area contributed by atoms with E-state index < -0.39 is 0 Å². The number of piperazine rings is 1. The van der Waals surface area contributed by atoms with E-state index in [9.17, 15) is 4.79 Å². The molecule has 1 fully saturated rings. The van der Waals surface area contributed by atoms with Crippen LogP contribution in [0.15, 0.2) is 60.9 Å². The third kappa shape index (κ3) is 7.14. The lowest BCUT2D eigenvalue weighted by Gasteiger charge is -2.34. The van der Waals surface area contributed by atoms with E-state index in [0.29, 0.717) is 44.6 Å². The Morgan fingerprint density at radius 2 is 1.80 bits per heavy atom. The Bertz CT molecular complexity index is 1430. The van der Waals surface area contributed by atoms with Crippen molar-refractivity contribution in [3.8, 4) is 0 Å². The molecule has 0 radical (unpaired) electrons. The first-order chi connectivity index (χ1) is 20.0. The number of amides is 2. The van der Waals surface area contributed by atoms with Crippen LogP contribution in [-0.2, 0) is 6.54 Å². The molecule has 2 aromatic carbocycles. The zero-order chi connectivity index (χ0) is 28.6. The van der Waals surface area contributed by atoms with Gasteiger partial charge in [-0.25, -0.2) is 9.78 Å². The number of carbonyl (C=O) groups is 1. The van der Waals surface area contributed by atoms with E-state index in [1.807, 2.05) is 41.6 Å². The van der Waals surface area contributed by atoms with E-state index >= 15 is 0 Å². The molecule has 0 spiro atoms. The lowest BCUT2D eigenvalue weighted by molar-refractivity contribution is 0.208. The first-order valence-corrected chi connectivity index (χ1v) is 14.9. The van der Waals surface area contributed by atoms with Gasteiger partial charge in [0.05, 0.1) is 12.9 Å². The van der Waals surface area contributed by atoms with Crippen molar-refractivity contribution in [2.75, 3.05) is 48.3 Å². The molecule has 0 aliphatic carbocycles. The SMILES string of the molecule is CCCCC(CC)CNc1nc(N2CCN(C(=O)Nc3ccccc3)CC2)nc2c1ncn2Cc1cccc(C)c1. The average Bonchev–Trinajstić information content (AvgIpc) is 3.40. The summed E-state index contributed by atoms with van der Waals surface area (Å²) in [6, 6.07) is 18.0. The van der Waals surface area contributed by atoms with Gasteiger partial charge in [-0.15, -0.1) is 0 Å². The van der Waals surface area contributed by atoms with Gasteiger partial charge in [0.15, 0.2) is 17.0 Å². The minimum atomic E-state index is -0.0801. The number of para-hydroxylation sites is 1. The van der Waals surface area contributed by atoms with E-state index in [1.54, 1.807) is 0 Å². The Morgan fingerprint density at radius 1 is 1.00 bits per heavy atom. The fourth-order valence-corrected chi connectivity index (χ4v) is 5.34. The standard InChI is InChI=1S/C32H42N8O/c1-4-6-12-25(5-2)21-33-29-28-30(40(23-34-28)22-26-13-10-11-24(3)20-26)37-31(36-29)38-16-18-39(19-17-38)32(41)35-27-14-8-7-9-15-27/h7-11,13-15,20,23,25H,4-6,12,16-19,21-22H2,1-3H3,(H,35,41)(H,33,36,37). The highest BCUT2D eigenvalue weighted by molar-refractivity contribution is 5.89. The molecule has 0 saturated carbocycles. The monoisotopic (exact) mass is 554 g/mol. The minimum absolute atomic E-state index is 0.0801. The van der Waals surface area contributed by atoms with Crippen LogP contribution in [0.4, 0.5) is 22.2 Å². The number of anilines is 3. The summed E-state index contributed by atoms with van der Waals surface area (Å²) in [5.74, 6) is 2.05. The van der Waals surface area contributed by atoms with Gasteiger partial charge in [-0.3, -0.25) is 0 Å². The van der Waals surface area contributed by atoms with E-state index in [0.717, 1.165) is 35.6 Å². The number of fused-ring (bicyclic) bond motifs is 1. The number of benzene rings is 2. The lowest BCUT2D eigenvalue weighted by Crippen LogP contribution is -2.50. The van der Waals surface area contributed by atoms with Crippen LogP contribution in [0.3, 0.4) is 0 Å². The molecule has 1 aliphatic heterocycles. The smallest absolute Gasteiger partial charge is 0.321 e. The van der Waals surface area contributed by atoms with Gasteiger partial charge >= 0.3 is 6.03 Å². The third-order valence-corrected chi connectivity index (χ3v) is 7.86. The van der Waals surface area contributed by atoms with Gasteiger partial charge in [-0.2, -0.15) is 9.97 Å². The molecule has 2 aromatic heterocycles. The predicted molar refractivity (Wildman–Crippen MR) is 167 cm³/mol. The molecule has 216 valence electrons. The van der Waals surface area contributed by atoms with Gasteiger partial charge in [0.2, 0.25) is 5.95 Å². The molecular weight excluding hydrogens is 512 g/mol. The zero-order valence-corrected chi connectivity index (χ0v) is 24.5. The minimum Gasteiger partial charge on any atom is -0.368 e. The second kappa shape index (κ2) is 13.5. The van der Waals surface area contributed by atoms with Crippen molar-refractivity contribution in [2.45, 2.75) is 53.0 Å². The van der Waals surface area contributed by atoms with E-state index in [-0.39, 0.29) is 6.03 Å². The molecule has 4 aromatic rings. The van der Waals surface area contributed by atoms with Crippen LogP contribution in [-0.4, -0.2) is 63.2 Å². The van der Waals surface area contributed by atoms with Crippen LogP contribution in [0.5, 0.6) is 0 Å². The number of carbonyl (C=O) groups excluding carboxylic acids is 1. The zero-order valence-electron chi connectivity index (χ0n) is 24.5. The maximum atomic E-state index is 12.8. The normalized spacial score (nSPS) is 14.3. The van der Waals surface area contributed by atoms with Crippen molar-refractivity contribution >= 4 is 34.6 Å². The molecular formula is C32H42N8O. The maximum absolute atomic E-state index is 12.8. The summed E-state index contributed by atoms with van der Waals surface area (Å²) in [5.41, 5.74) is 4.87. The predicted octanol–water partition coefficient (Wildman–Crippen LogP) is 6.17. The number of hydrogen-bond donors (Lipinski definition) is 2. The maximum Gasteiger partial charge on any atom is 0.321 e. The van der Waals surface area contributed by atoms with Crippen molar-refractivity contribution in [1.82, 2.24) is 24.4 Å². The molecule has 1 aliphatic rings. The molecule has 1 atom stereocenters. The first-order valence-electron chi connectivity index (χ1n) is 14.9. The lowest BCUT2D eigenvalue weighted by atomic mass is 9.99. The fourth-order valence-electron chi connectivity index (χ4n) is 5.34. The number of hydrogen-bond acceptors (Lipinski definition) is 6. The molecule has 3 heterocycles. The quantitative estimate of drug-likeness (QED) is 0.231. The Morgan fingerprint density at radius 3 is 2.54 bits per heavy atom. The van der Waals surface area contributed by atoms with Gasteiger partial charge < -0.3 is 25.0 Å². The van der Waals surface area contributed by atoms with E-state index in [4.69, 9.17) is 15.0 Å². The summed E-state index contributed by atoms with van der Waals surface area (Å²) in [5, 5.41) is 6.63. The number of unbranched alkanes of at least 4 members (excludes halogenated alkanes) is 1. The number of rotatable bonds is 11. The molecule has 41 heavy (non-hydrogen) atoms. The number of nitrogens with zero attached hydrogens (tertiary/aromatic N) is 6. The molecule has 9 heteroatoms. The van der Waals surface area contributed by atoms with Crippen molar-refractivity contribution in [3.05, 3.63) is 72.1 Å². The summed E-state index contributed by atoms with van der Waals surface area (Å²) in [4.78, 5) is 31.6. The summed E-state index contributed by atoms with van der Waals surface area (Å²) in [6.45, 7) is 10.7. The Balaban J connectivity index is 1.36. The summed E-state index contributed by atoms with van der Waals surface area (Å²) in [6.07, 6.45) is 6.64.